The number of allylic oxidation sites excluding steroid dienone is 6. The molecular weight excluding hydrogens is 769 g/mol. The van der Waals surface area contributed by atoms with Gasteiger partial charge in [-0.15, -0.1) is 0 Å². The molecule has 0 fully saturated rings. The Labute approximate surface area is 385 Å². The standard InChI is InChI=1S/C56H102O6/c1-4-7-10-13-16-19-22-25-27-28-29-30-32-34-37-40-43-46-49-55(58)61-52-53(51-60-54(57)48-45-42-39-36-33-24-21-18-15-12-9-6-3)62-56(59)50-47-44-41-38-35-31-26-23-20-17-14-11-8-5-2/h19,22-23,26-28,53H,4-18,20-21,24-25,29-52H2,1-3H3/b22-19-,26-23-,28-27-. The van der Waals surface area contributed by atoms with Gasteiger partial charge in [0, 0.05) is 19.3 Å². The first-order chi connectivity index (χ1) is 30.5. The van der Waals surface area contributed by atoms with Gasteiger partial charge in [0.2, 0.25) is 0 Å². The van der Waals surface area contributed by atoms with Crippen molar-refractivity contribution in [3.05, 3.63) is 36.5 Å². The molecule has 0 aromatic heterocycles. The molecule has 0 rings (SSSR count). The van der Waals surface area contributed by atoms with Crippen LogP contribution in [0.25, 0.3) is 0 Å². The quantitative estimate of drug-likeness (QED) is 0.0262. The first-order valence-electron chi connectivity index (χ1n) is 27.0. The van der Waals surface area contributed by atoms with Crippen LogP contribution in [0.2, 0.25) is 0 Å². The predicted octanol–water partition coefficient (Wildman–Crippen LogP) is 17.7. The first kappa shape index (κ1) is 59.6. The Balaban J connectivity index is 4.35. The van der Waals surface area contributed by atoms with Crippen LogP contribution in [0, 0.1) is 0 Å². The lowest BCUT2D eigenvalue weighted by Gasteiger charge is -2.18. The van der Waals surface area contributed by atoms with E-state index in [9.17, 15) is 14.4 Å². The number of unbranched alkanes of at least 4 members (excludes halogenated alkanes) is 32. The van der Waals surface area contributed by atoms with Gasteiger partial charge in [0.15, 0.2) is 6.10 Å². The highest BCUT2D eigenvalue weighted by atomic mass is 16.6. The zero-order valence-corrected chi connectivity index (χ0v) is 41.4. The summed E-state index contributed by atoms with van der Waals surface area (Å²) >= 11 is 0. The van der Waals surface area contributed by atoms with Crippen LogP contribution in [0.5, 0.6) is 0 Å². The van der Waals surface area contributed by atoms with Crippen molar-refractivity contribution in [3.8, 4) is 0 Å². The predicted molar refractivity (Wildman–Crippen MR) is 266 cm³/mol. The Morgan fingerprint density at radius 3 is 0.919 bits per heavy atom. The van der Waals surface area contributed by atoms with Gasteiger partial charge in [-0.25, -0.2) is 0 Å². The molecule has 0 radical (unpaired) electrons. The molecular formula is C56H102O6. The molecule has 62 heavy (non-hydrogen) atoms. The van der Waals surface area contributed by atoms with Gasteiger partial charge in [0.05, 0.1) is 0 Å². The number of carbonyl (C=O) groups excluding carboxylic acids is 3. The summed E-state index contributed by atoms with van der Waals surface area (Å²) < 4.78 is 16.8. The summed E-state index contributed by atoms with van der Waals surface area (Å²) in [4.78, 5) is 38.0. The normalized spacial score (nSPS) is 12.2. The second-order valence-electron chi connectivity index (χ2n) is 18.1. The van der Waals surface area contributed by atoms with Crippen molar-refractivity contribution in [3.63, 3.8) is 0 Å². The molecule has 0 saturated heterocycles. The molecule has 362 valence electrons. The Kier molecular flexibility index (Phi) is 49.3. The topological polar surface area (TPSA) is 78.9 Å². The van der Waals surface area contributed by atoms with Crippen molar-refractivity contribution in [2.45, 2.75) is 290 Å². The van der Waals surface area contributed by atoms with Gasteiger partial charge in [-0.3, -0.25) is 14.4 Å². The minimum absolute atomic E-state index is 0.0750. The molecule has 0 aromatic rings. The second-order valence-corrected chi connectivity index (χ2v) is 18.1. The molecule has 0 heterocycles. The van der Waals surface area contributed by atoms with Crippen LogP contribution >= 0.6 is 0 Å². The highest BCUT2D eigenvalue weighted by molar-refractivity contribution is 5.71. The lowest BCUT2D eigenvalue weighted by atomic mass is 10.0. The smallest absolute Gasteiger partial charge is 0.306 e. The Morgan fingerprint density at radius 1 is 0.323 bits per heavy atom. The van der Waals surface area contributed by atoms with E-state index >= 15 is 0 Å². The van der Waals surface area contributed by atoms with Crippen LogP contribution in [-0.4, -0.2) is 37.2 Å². The van der Waals surface area contributed by atoms with E-state index in [1.165, 1.54) is 167 Å². The fraction of sp³-hybridized carbons (Fsp3) is 0.839. The highest BCUT2D eigenvalue weighted by Crippen LogP contribution is 2.15. The SMILES string of the molecule is CCCCCC/C=C\C/C=C\CCCCCCCCCC(=O)OCC(COC(=O)CCCCCCCCCCCCCC)OC(=O)CCCCCCC/C=C\CCCCCCC. The number of esters is 3. The van der Waals surface area contributed by atoms with Gasteiger partial charge in [-0.1, -0.05) is 224 Å². The van der Waals surface area contributed by atoms with E-state index in [4.69, 9.17) is 14.2 Å². The lowest BCUT2D eigenvalue weighted by Crippen LogP contribution is -2.30. The zero-order valence-electron chi connectivity index (χ0n) is 41.4. The van der Waals surface area contributed by atoms with Crippen molar-refractivity contribution in [2.24, 2.45) is 0 Å². The largest absolute Gasteiger partial charge is 0.462 e. The molecule has 1 unspecified atom stereocenters. The summed E-state index contributed by atoms with van der Waals surface area (Å²) in [5, 5.41) is 0. The van der Waals surface area contributed by atoms with Crippen LogP contribution in [0.3, 0.4) is 0 Å². The molecule has 0 aliphatic rings. The molecule has 6 heteroatoms. The summed E-state index contributed by atoms with van der Waals surface area (Å²) in [6, 6.07) is 0. The molecule has 0 N–H and O–H groups in total. The summed E-state index contributed by atoms with van der Waals surface area (Å²) in [7, 11) is 0. The van der Waals surface area contributed by atoms with Crippen molar-refractivity contribution >= 4 is 17.9 Å². The van der Waals surface area contributed by atoms with E-state index in [0.29, 0.717) is 19.3 Å². The first-order valence-corrected chi connectivity index (χ1v) is 27.0. The van der Waals surface area contributed by atoms with Crippen molar-refractivity contribution in [2.75, 3.05) is 13.2 Å². The monoisotopic (exact) mass is 871 g/mol. The van der Waals surface area contributed by atoms with Gasteiger partial charge >= 0.3 is 17.9 Å². The van der Waals surface area contributed by atoms with Crippen LogP contribution in [0.1, 0.15) is 284 Å². The maximum absolute atomic E-state index is 12.8. The maximum atomic E-state index is 12.8. The van der Waals surface area contributed by atoms with E-state index in [0.717, 1.165) is 77.0 Å². The van der Waals surface area contributed by atoms with Gasteiger partial charge in [0.1, 0.15) is 13.2 Å². The summed E-state index contributed by atoms with van der Waals surface area (Å²) in [6.45, 7) is 6.62. The minimum atomic E-state index is -0.776. The van der Waals surface area contributed by atoms with Crippen LogP contribution < -0.4 is 0 Å². The molecule has 0 aromatic carbocycles. The van der Waals surface area contributed by atoms with Crippen LogP contribution in [0.15, 0.2) is 36.5 Å². The Morgan fingerprint density at radius 2 is 0.581 bits per heavy atom. The number of carbonyl (C=O) groups is 3. The molecule has 0 bridgehead atoms. The van der Waals surface area contributed by atoms with E-state index in [-0.39, 0.29) is 31.1 Å². The zero-order chi connectivity index (χ0) is 45.1. The van der Waals surface area contributed by atoms with Gasteiger partial charge in [0.25, 0.3) is 0 Å². The number of rotatable bonds is 49. The summed E-state index contributed by atoms with van der Waals surface area (Å²) in [5.41, 5.74) is 0. The molecule has 6 nitrogen and oxygen atoms in total. The Hall–Kier alpha value is -2.37. The average molecular weight is 871 g/mol. The third-order valence-corrected chi connectivity index (χ3v) is 11.9. The van der Waals surface area contributed by atoms with Crippen molar-refractivity contribution < 1.29 is 28.6 Å². The summed E-state index contributed by atoms with van der Waals surface area (Å²) in [5.74, 6) is -0.880. The van der Waals surface area contributed by atoms with E-state index in [1.807, 2.05) is 0 Å². The molecule has 0 amide bonds. The maximum Gasteiger partial charge on any atom is 0.306 e. The second kappa shape index (κ2) is 51.3. The molecule has 1 atom stereocenters. The Bertz CT molecular complexity index is 1050. The van der Waals surface area contributed by atoms with Crippen molar-refractivity contribution in [1.29, 1.82) is 0 Å². The van der Waals surface area contributed by atoms with Gasteiger partial charge in [-0.2, -0.15) is 0 Å². The number of hydrogen-bond acceptors (Lipinski definition) is 6. The highest BCUT2D eigenvalue weighted by Gasteiger charge is 2.19. The average Bonchev–Trinajstić information content (AvgIpc) is 3.27. The molecule has 0 spiro atoms. The van der Waals surface area contributed by atoms with E-state index < -0.39 is 6.10 Å². The molecule has 0 aliphatic carbocycles. The van der Waals surface area contributed by atoms with E-state index in [1.54, 1.807) is 0 Å². The minimum Gasteiger partial charge on any atom is -0.462 e. The lowest BCUT2D eigenvalue weighted by molar-refractivity contribution is -0.167. The fourth-order valence-electron chi connectivity index (χ4n) is 7.76. The third kappa shape index (κ3) is 48.7. The molecule has 0 saturated carbocycles. The number of hydrogen-bond donors (Lipinski definition) is 0. The number of ether oxygens (including phenoxy) is 3. The van der Waals surface area contributed by atoms with Gasteiger partial charge in [-0.05, 0) is 77.0 Å². The van der Waals surface area contributed by atoms with Crippen LogP contribution in [0.4, 0.5) is 0 Å². The van der Waals surface area contributed by atoms with Gasteiger partial charge < -0.3 is 14.2 Å². The summed E-state index contributed by atoms with van der Waals surface area (Å²) in [6.07, 6.45) is 59.8. The molecule has 0 aliphatic heterocycles. The third-order valence-electron chi connectivity index (χ3n) is 11.9. The fourth-order valence-corrected chi connectivity index (χ4v) is 7.76. The van der Waals surface area contributed by atoms with Crippen LogP contribution in [-0.2, 0) is 28.6 Å². The van der Waals surface area contributed by atoms with Crippen molar-refractivity contribution in [1.82, 2.24) is 0 Å². The van der Waals surface area contributed by atoms with E-state index in [2.05, 4.69) is 57.2 Å².